The molecule has 0 aliphatic carbocycles. The molecule has 2 fully saturated rings. The first-order chi connectivity index (χ1) is 13.5. The van der Waals surface area contributed by atoms with E-state index in [1.165, 1.54) is 0 Å². The number of rotatable bonds is 5. The summed E-state index contributed by atoms with van der Waals surface area (Å²) in [5.41, 5.74) is 0. The Morgan fingerprint density at radius 2 is 1.82 bits per heavy atom. The van der Waals surface area contributed by atoms with Crippen molar-refractivity contribution in [1.29, 1.82) is 0 Å². The lowest BCUT2D eigenvalue weighted by Gasteiger charge is -2.37. The van der Waals surface area contributed by atoms with E-state index < -0.39 is 9.84 Å². The van der Waals surface area contributed by atoms with E-state index in [9.17, 15) is 13.2 Å². The molecule has 8 heteroatoms. The van der Waals surface area contributed by atoms with Gasteiger partial charge in [0.05, 0.1) is 11.5 Å². The van der Waals surface area contributed by atoms with Crippen LogP contribution in [0.1, 0.15) is 22.7 Å². The molecule has 0 spiro atoms. The Bertz CT molecular complexity index is 917. The Labute approximate surface area is 164 Å². The highest BCUT2D eigenvalue weighted by atomic mass is 32.2. The second-order valence-electron chi connectivity index (χ2n) is 7.25. The van der Waals surface area contributed by atoms with Crippen LogP contribution in [0.4, 0.5) is 0 Å². The average Bonchev–Trinajstić information content (AvgIpc) is 3.33. The van der Waals surface area contributed by atoms with E-state index in [2.05, 4.69) is 4.90 Å². The predicted molar refractivity (Wildman–Crippen MR) is 104 cm³/mol. The Morgan fingerprint density at radius 1 is 1.07 bits per heavy atom. The SMILES string of the molecule is O=C(c1ccc(COc2ccccc2)o1)N1CCN([C@@H]2CCS(=O)(=O)C2)CC1. The first kappa shape index (κ1) is 19.0. The van der Waals surface area contributed by atoms with Crippen molar-refractivity contribution in [3.63, 3.8) is 0 Å². The van der Waals surface area contributed by atoms with Crippen LogP contribution < -0.4 is 4.74 Å². The average molecular weight is 404 g/mol. The zero-order chi connectivity index (χ0) is 19.6. The lowest BCUT2D eigenvalue weighted by atomic mass is 10.2. The van der Waals surface area contributed by atoms with Crippen molar-refractivity contribution in [3.05, 3.63) is 54.0 Å². The number of ether oxygens (including phenoxy) is 1. The van der Waals surface area contributed by atoms with Crippen LogP contribution in [-0.4, -0.2) is 67.9 Å². The normalized spacial score (nSPS) is 22.3. The third-order valence-corrected chi connectivity index (χ3v) is 7.07. The minimum absolute atomic E-state index is 0.0904. The molecule has 2 aliphatic rings. The van der Waals surface area contributed by atoms with Crippen molar-refractivity contribution in [2.45, 2.75) is 19.1 Å². The van der Waals surface area contributed by atoms with Crippen LogP contribution >= 0.6 is 0 Å². The Hall–Kier alpha value is -2.32. The van der Waals surface area contributed by atoms with Crippen molar-refractivity contribution in [2.24, 2.45) is 0 Å². The number of para-hydroxylation sites is 1. The Balaban J connectivity index is 1.29. The van der Waals surface area contributed by atoms with Crippen LogP contribution in [0, 0.1) is 0 Å². The van der Waals surface area contributed by atoms with Crippen molar-refractivity contribution in [1.82, 2.24) is 9.80 Å². The summed E-state index contributed by atoms with van der Waals surface area (Å²) in [7, 11) is -2.89. The molecule has 28 heavy (non-hydrogen) atoms. The predicted octanol–water partition coefficient (Wildman–Crippen LogP) is 1.80. The number of amides is 1. The first-order valence-corrected chi connectivity index (χ1v) is 11.3. The van der Waals surface area contributed by atoms with Gasteiger partial charge in [0.25, 0.3) is 5.91 Å². The fourth-order valence-corrected chi connectivity index (χ4v) is 5.51. The lowest BCUT2D eigenvalue weighted by Crippen LogP contribution is -2.52. The van der Waals surface area contributed by atoms with Gasteiger partial charge in [-0.05, 0) is 30.7 Å². The monoisotopic (exact) mass is 404 g/mol. The molecule has 2 aromatic rings. The van der Waals surface area contributed by atoms with Gasteiger partial charge >= 0.3 is 0 Å². The van der Waals surface area contributed by atoms with Crippen LogP contribution in [0.2, 0.25) is 0 Å². The molecule has 0 bridgehead atoms. The van der Waals surface area contributed by atoms with E-state index >= 15 is 0 Å². The van der Waals surface area contributed by atoms with Gasteiger partial charge in [0.2, 0.25) is 0 Å². The van der Waals surface area contributed by atoms with Gasteiger partial charge in [-0.3, -0.25) is 9.69 Å². The quantitative estimate of drug-likeness (QED) is 0.756. The number of carbonyl (C=O) groups is 1. The molecule has 4 rings (SSSR count). The topological polar surface area (TPSA) is 80.1 Å². The number of sulfone groups is 1. The van der Waals surface area contributed by atoms with Crippen LogP contribution in [0.5, 0.6) is 5.75 Å². The molecule has 2 saturated heterocycles. The van der Waals surface area contributed by atoms with Crippen molar-refractivity contribution >= 4 is 15.7 Å². The largest absolute Gasteiger partial charge is 0.486 e. The molecule has 0 saturated carbocycles. The molecule has 0 N–H and O–H groups in total. The van der Waals surface area contributed by atoms with E-state index in [0.717, 1.165) is 5.75 Å². The number of hydrogen-bond acceptors (Lipinski definition) is 6. The summed E-state index contributed by atoms with van der Waals surface area (Å²) in [5, 5.41) is 0. The minimum atomic E-state index is -2.89. The fraction of sp³-hybridized carbons (Fsp3) is 0.450. The number of carbonyl (C=O) groups excluding carboxylic acids is 1. The summed E-state index contributed by atoms with van der Waals surface area (Å²) < 4.78 is 34.7. The van der Waals surface area contributed by atoms with E-state index in [1.807, 2.05) is 30.3 Å². The molecule has 0 unspecified atom stereocenters. The van der Waals surface area contributed by atoms with E-state index in [4.69, 9.17) is 9.15 Å². The fourth-order valence-electron chi connectivity index (χ4n) is 3.75. The minimum Gasteiger partial charge on any atom is -0.486 e. The third-order valence-electron chi connectivity index (χ3n) is 5.32. The van der Waals surface area contributed by atoms with E-state index in [0.29, 0.717) is 44.1 Å². The van der Waals surface area contributed by atoms with Crippen LogP contribution in [0.25, 0.3) is 0 Å². The van der Waals surface area contributed by atoms with Gasteiger partial charge in [-0.1, -0.05) is 18.2 Å². The molecule has 1 aromatic carbocycles. The van der Waals surface area contributed by atoms with Crippen LogP contribution in [0.3, 0.4) is 0 Å². The number of hydrogen-bond donors (Lipinski definition) is 0. The Morgan fingerprint density at radius 3 is 2.50 bits per heavy atom. The van der Waals surface area contributed by atoms with Gasteiger partial charge in [-0.2, -0.15) is 0 Å². The number of benzene rings is 1. The number of piperazine rings is 1. The maximum Gasteiger partial charge on any atom is 0.289 e. The lowest BCUT2D eigenvalue weighted by molar-refractivity contribution is 0.0555. The molecule has 0 radical (unpaired) electrons. The Kier molecular flexibility index (Phi) is 5.41. The van der Waals surface area contributed by atoms with Crippen LogP contribution in [-0.2, 0) is 16.4 Å². The smallest absolute Gasteiger partial charge is 0.289 e. The first-order valence-electron chi connectivity index (χ1n) is 9.50. The molecule has 3 heterocycles. The zero-order valence-corrected chi connectivity index (χ0v) is 16.4. The van der Waals surface area contributed by atoms with Gasteiger partial charge in [-0.25, -0.2) is 8.42 Å². The maximum atomic E-state index is 12.7. The molecular formula is C20H24N2O5S. The third kappa shape index (κ3) is 4.39. The summed E-state index contributed by atoms with van der Waals surface area (Å²) >= 11 is 0. The van der Waals surface area contributed by atoms with Crippen LogP contribution in [0.15, 0.2) is 46.9 Å². The second-order valence-corrected chi connectivity index (χ2v) is 9.48. The van der Waals surface area contributed by atoms with Gasteiger partial charge in [0.15, 0.2) is 15.6 Å². The van der Waals surface area contributed by atoms with Gasteiger partial charge in [-0.15, -0.1) is 0 Å². The highest BCUT2D eigenvalue weighted by Crippen LogP contribution is 2.20. The summed E-state index contributed by atoms with van der Waals surface area (Å²) in [5.74, 6) is 2.04. The zero-order valence-electron chi connectivity index (χ0n) is 15.6. The standard InChI is InChI=1S/C20H24N2O5S/c23-20(19-7-6-18(27-19)14-26-17-4-2-1-3-5-17)22-11-9-21(10-12-22)16-8-13-28(24,25)15-16/h1-7,16H,8-15H2/t16-/m1/s1. The second kappa shape index (κ2) is 7.97. The molecular weight excluding hydrogens is 380 g/mol. The highest BCUT2D eigenvalue weighted by molar-refractivity contribution is 7.91. The summed E-state index contributed by atoms with van der Waals surface area (Å²) in [6.45, 7) is 2.80. The molecule has 1 atom stereocenters. The molecule has 7 nitrogen and oxygen atoms in total. The van der Waals surface area contributed by atoms with E-state index in [-0.39, 0.29) is 30.1 Å². The van der Waals surface area contributed by atoms with Crippen molar-refractivity contribution in [2.75, 3.05) is 37.7 Å². The maximum absolute atomic E-state index is 12.7. The molecule has 1 amide bonds. The highest BCUT2D eigenvalue weighted by Gasteiger charge is 2.34. The number of furan rings is 1. The van der Waals surface area contributed by atoms with Gasteiger partial charge < -0.3 is 14.1 Å². The summed E-state index contributed by atoms with van der Waals surface area (Å²) in [6.07, 6.45) is 0.694. The van der Waals surface area contributed by atoms with Crippen molar-refractivity contribution in [3.8, 4) is 5.75 Å². The van der Waals surface area contributed by atoms with E-state index in [1.54, 1.807) is 17.0 Å². The molecule has 150 valence electrons. The van der Waals surface area contributed by atoms with Gasteiger partial charge in [0.1, 0.15) is 18.1 Å². The van der Waals surface area contributed by atoms with Crippen molar-refractivity contribution < 1.29 is 22.4 Å². The summed E-state index contributed by atoms with van der Waals surface area (Å²) in [6, 6.07) is 13.0. The molecule has 2 aliphatic heterocycles. The molecule has 1 aromatic heterocycles. The summed E-state index contributed by atoms with van der Waals surface area (Å²) in [4.78, 5) is 16.6. The van der Waals surface area contributed by atoms with Gasteiger partial charge in [0, 0.05) is 32.2 Å². The number of nitrogens with zero attached hydrogens (tertiary/aromatic N) is 2.